The molecule has 26 heavy (non-hydrogen) atoms. The summed E-state index contributed by atoms with van der Waals surface area (Å²) in [5.41, 5.74) is 2.15. The van der Waals surface area contributed by atoms with E-state index < -0.39 is 23.7 Å². The van der Waals surface area contributed by atoms with Gasteiger partial charge in [-0.15, -0.1) is 0 Å². The number of halogens is 1. The van der Waals surface area contributed by atoms with Crippen LogP contribution < -0.4 is 15.5 Å². The average molecular weight is 357 g/mol. The Morgan fingerprint density at radius 2 is 1.77 bits per heavy atom. The van der Waals surface area contributed by atoms with Gasteiger partial charge in [-0.2, -0.15) is 0 Å². The van der Waals surface area contributed by atoms with E-state index in [9.17, 15) is 18.8 Å². The van der Waals surface area contributed by atoms with Gasteiger partial charge in [-0.3, -0.25) is 20.2 Å². The lowest BCUT2D eigenvalue weighted by Crippen LogP contribution is -2.51. The third-order valence-electron chi connectivity index (χ3n) is 4.66. The largest absolute Gasteiger partial charge is 0.363 e. The molecule has 0 atom stereocenters. The van der Waals surface area contributed by atoms with Crippen molar-refractivity contribution in [1.29, 1.82) is 0 Å². The number of carbonyl (C=O) groups is 3. The molecule has 0 bridgehead atoms. The van der Waals surface area contributed by atoms with Gasteiger partial charge in [-0.1, -0.05) is 6.08 Å². The molecule has 0 aromatic heterocycles. The molecule has 7 heteroatoms. The van der Waals surface area contributed by atoms with Crippen LogP contribution in [0.4, 0.5) is 14.9 Å². The molecular formula is C19H20FN3O3. The molecule has 2 aliphatic heterocycles. The van der Waals surface area contributed by atoms with Gasteiger partial charge in [-0.25, -0.2) is 9.18 Å². The van der Waals surface area contributed by atoms with E-state index >= 15 is 0 Å². The summed E-state index contributed by atoms with van der Waals surface area (Å²) < 4.78 is 14.7. The Labute approximate surface area is 150 Å². The van der Waals surface area contributed by atoms with Crippen molar-refractivity contribution in [2.45, 2.75) is 33.2 Å². The number of likely N-dealkylation sites (N-methyl/N-ethyl adjacent to an activating group) is 1. The first kappa shape index (κ1) is 17.8. The molecule has 0 aliphatic carbocycles. The molecule has 0 spiro atoms. The van der Waals surface area contributed by atoms with E-state index in [1.165, 1.54) is 6.07 Å². The number of urea groups is 1. The highest BCUT2D eigenvalue weighted by Crippen LogP contribution is 2.40. The first-order chi connectivity index (χ1) is 12.1. The minimum absolute atomic E-state index is 0.113. The number of nitrogens with zero attached hydrogens (tertiary/aromatic N) is 1. The van der Waals surface area contributed by atoms with E-state index in [4.69, 9.17) is 0 Å². The summed E-state index contributed by atoms with van der Waals surface area (Å²) in [6.45, 7) is 8.77. The molecule has 6 nitrogen and oxygen atoms in total. The number of imide groups is 2. The van der Waals surface area contributed by atoms with Crippen LogP contribution in [0.25, 0.3) is 11.6 Å². The highest BCUT2D eigenvalue weighted by atomic mass is 19.1. The lowest BCUT2D eigenvalue weighted by Gasteiger charge is -2.43. The predicted octanol–water partition coefficient (Wildman–Crippen LogP) is 2.60. The quantitative estimate of drug-likeness (QED) is 0.630. The van der Waals surface area contributed by atoms with Crippen LogP contribution in [0.3, 0.4) is 0 Å². The minimum Gasteiger partial charge on any atom is -0.363 e. The van der Waals surface area contributed by atoms with Crippen LogP contribution in [-0.4, -0.2) is 29.9 Å². The van der Waals surface area contributed by atoms with Crippen molar-refractivity contribution in [3.8, 4) is 0 Å². The second kappa shape index (κ2) is 6.09. The van der Waals surface area contributed by atoms with Crippen molar-refractivity contribution in [2.75, 3.05) is 11.4 Å². The number of hydrogen-bond acceptors (Lipinski definition) is 4. The first-order valence-electron chi connectivity index (χ1n) is 8.33. The van der Waals surface area contributed by atoms with Gasteiger partial charge in [0.2, 0.25) is 0 Å². The fourth-order valence-corrected chi connectivity index (χ4v) is 3.56. The Morgan fingerprint density at radius 1 is 1.15 bits per heavy atom. The number of nitrogens with one attached hydrogen (secondary N) is 2. The van der Waals surface area contributed by atoms with Crippen LogP contribution >= 0.6 is 0 Å². The molecule has 2 aliphatic rings. The zero-order chi connectivity index (χ0) is 19.2. The standard InChI is InChI=1S/C19H20FN3O3/c1-5-23-15-8-14(20)11(6-12(15)10(2)9-19(23,3)4)7-13-16(24)21-18(26)22-17(13)25/h6-9H,5H2,1-4H3,(H2,21,22,24,25,26). The lowest BCUT2D eigenvalue weighted by atomic mass is 9.87. The molecule has 1 aromatic carbocycles. The molecule has 0 saturated carbocycles. The number of amides is 4. The fourth-order valence-electron chi connectivity index (χ4n) is 3.56. The molecule has 1 fully saturated rings. The van der Waals surface area contributed by atoms with E-state index in [0.29, 0.717) is 6.54 Å². The zero-order valence-corrected chi connectivity index (χ0v) is 15.1. The highest BCUT2D eigenvalue weighted by Gasteiger charge is 2.32. The normalized spacial score (nSPS) is 18.8. The van der Waals surface area contributed by atoms with Crippen molar-refractivity contribution in [2.24, 2.45) is 0 Å². The van der Waals surface area contributed by atoms with Crippen molar-refractivity contribution >= 4 is 35.2 Å². The lowest BCUT2D eigenvalue weighted by molar-refractivity contribution is -0.123. The van der Waals surface area contributed by atoms with E-state index in [-0.39, 0.29) is 16.7 Å². The summed E-state index contributed by atoms with van der Waals surface area (Å²) >= 11 is 0. The van der Waals surface area contributed by atoms with Crippen molar-refractivity contribution in [1.82, 2.24) is 10.6 Å². The third-order valence-corrected chi connectivity index (χ3v) is 4.66. The summed E-state index contributed by atoms with van der Waals surface area (Å²) in [5, 5.41) is 3.95. The first-order valence-corrected chi connectivity index (χ1v) is 8.33. The number of anilines is 1. The molecule has 1 saturated heterocycles. The summed E-state index contributed by atoms with van der Waals surface area (Å²) in [6, 6.07) is 2.16. The van der Waals surface area contributed by atoms with Crippen LogP contribution in [0.5, 0.6) is 0 Å². The van der Waals surface area contributed by atoms with E-state index in [1.807, 2.05) is 24.5 Å². The van der Waals surface area contributed by atoms with E-state index in [0.717, 1.165) is 22.9 Å². The van der Waals surface area contributed by atoms with Crippen LogP contribution in [0.2, 0.25) is 0 Å². The SMILES string of the molecule is CCN1c2cc(F)c(C=C3C(=O)NC(=O)NC3=O)cc2C(C)=CC1(C)C. The third kappa shape index (κ3) is 2.89. The van der Waals surface area contributed by atoms with E-state index in [2.05, 4.69) is 24.8 Å². The Bertz CT molecular complexity index is 878. The molecule has 2 N–H and O–H groups in total. The highest BCUT2D eigenvalue weighted by molar-refractivity contribution is 6.31. The van der Waals surface area contributed by atoms with E-state index in [1.54, 1.807) is 6.07 Å². The summed E-state index contributed by atoms with van der Waals surface area (Å²) in [4.78, 5) is 37.0. The van der Waals surface area contributed by atoms with Crippen LogP contribution in [0.1, 0.15) is 38.8 Å². The van der Waals surface area contributed by atoms with Gasteiger partial charge >= 0.3 is 6.03 Å². The Balaban J connectivity index is 2.12. The number of benzene rings is 1. The molecule has 4 amide bonds. The molecule has 0 radical (unpaired) electrons. The minimum atomic E-state index is -0.886. The van der Waals surface area contributed by atoms with Gasteiger partial charge in [0.1, 0.15) is 11.4 Å². The molecule has 0 unspecified atom stereocenters. The number of carbonyl (C=O) groups excluding carboxylic acids is 3. The average Bonchev–Trinajstić information content (AvgIpc) is 2.51. The Kier molecular flexibility index (Phi) is 4.18. The Hall–Kier alpha value is -2.96. The maximum absolute atomic E-state index is 14.7. The van der Waals surface area contributed by atoms with Crippen molar-refractivity contribution in [3.05, 3.63) is 40.7 Å². The van der Waals surface area contributed by atoms with Gasteiger partial charge in [-0.05, 0) is 51.5 Å². The smallest absolute Gasteiger partial charge is 0.328 e. The number of barbiturate groups is 1. The van der Waals surface area contributed by atoms with Crippen LogP contribution in [0.15, 0.2) is 23.8 Å². The summed E-state index contributed by atoms with van der Waals surface area (Å²) in [5.74, 6) is -2.24. The topological polar surface area (TPSA) is 78.5 Å². The molecule has 3 rings (SSSR count). The van der Waals surface area contributed by atoms with Gasteiger partial charge < -0.3 is 4.90 Å². The molecule has 136 valence electrons. The maximum Gasteiger partial charge on any atom is 0.328 e. The molecular weight excluding hydrogens is 337 g/mol. The number of hydrogen-bond donors (Lipinski definition) is 2. The predicted molar refractivity (Wildman–Crippen MR) is 96.8 cm³/mol. The number of fused-ring (bicyclic) bond motifs is 1. The summed E-state index contributed by atoms with van der Waals surface area (Å²) in [6.07, 6.45) is 3.27. The van der Waals surface area contributed by atoms with Crippen molar-refractivity contribution in [3.63, 3.8) is 0 Å². The van der Waals surface area contributed by atoms with Crippen LogP contribution in [-0.2, 0) is 9.59 Å². The molecule has 2 heterocycles. The van der Waals surface area contributed by atoms with Gasteiger partial charge in [0.15, 0.2) is 0 Å². The zero-order valence-electron chi connectivity index (χ0n) is 15.1. The monoisotopic (exact) mass is 357 g/mol. The van der Waals surface area contributed by atoms with Crippen LogP contribution in [0, 0.1) is 5.82 Å². The van der Waals surface area contributed by atoms with Gasteiger partial charge in [0.25, 0.3) is 11.8 Å². The van der Waals surface area contributed by atoms with Gasteiger partial charge in [0.05, 0.1) is 5.54 Å². The number of allylic oxidation sites excluding steroid dienone is 1. The van der Waals surface area contributed by atoms with Crippen molar-refractivity contribution < 1.29 is 18.8 Å². The second-order valence-corrected chi connectivity index (χ2v) is 6.91. The summed E-state index contributed by atoms with van der Waals surface area (Å²) in [7, 11) is 0. The van der Waals surface area contributed by atoms with Gasteiger partial charge in [0, 0.05) is 23.4 Å². The maximum atomic E-state index is 14.7. The Morgan fingerprint density at radius 3 is 2.35 bits per heavy atom. The number of rotatable bonds is 2. The fraction of sp³-hybridized carbons (Fsp3) is 0.316. The second-order valence-electron chi connectivity index (χ2n) is 6.91. The molecule has 1 aromatic rings.